The van der Waals surface area contributed by atoms with Gasteiger partial charge in [0.1, 0.15) is 0 Å². The fourth-order valence-corrected chi connectivity index (χ4v) is 1.83. The molecule has 2 aromatic heterocycles. The number of aromatic nitrogens is 4. The maximum absolute atomic E-state index is 11.9. The van der Waals surface area contributed by atoms with Crippen LogP contribution in [-0.2, 0) is 14.1 Å². The standard InChI is InChI=1S/C11H18N6O2/c1-6(12)4-5-13-10-14-7-8(15-10)16(2)11(19)17(3)9(7)18/h6H,4-5,12H2,1-3H3,(H2,13,14,15). The van der Waals surface area contributed by atoms with Gasteiger partial charge in [-0.05, 0) is 13.3 Å². The lowest BCUT2D eigenvalue weighted by Gasteiger charge is -2.04. The van der Waals surface area contributed by atoms with Crippen LogP contribution >= 0.6 is 0 Å². The number of imidazole rings is 1. The average molecular weight is 266 g/mol. The maximum Gasteiger partial charge on any atom is 0.332 e. The monoisotopic (exact) mass is 266 g/mol. The van der Waals surface area contributed by atoms with Crippen molar-refractivity contribution >= 4 is 17.1 Å². The summed E-state index contributed by atoms with van der Waals surface area (Å²) in [7, 11) is 3.02. The molecule has 1 atom stereocenters. The van der Waals surface area contributed by atoms with Crippen LogP contribution in [0, 0.1) is 0 Å². The van der Waals surface area contributed by atoms with Gasteiger partial charge in [0, 0.05) is 26.7 Å². The zero-order valence-electron chi connectivity index (χ0n) is 11.2. The van der Waals surface area contributed by atoms with E-state index in [1.807, 2.05) is 6.92 Å². The number of anilines is 1. The summed E-state index contributed by atoms with van der Waals surface area (Å²) in [6.45, 7) is 2.56. The second-order valence-corrected chi connectivity index (χ2v) is 4.68. The highest BCUT2D eigenvalue weighted by Crippen LogP contribution is 2.08. The van der Waals surface area contributed by atoms with Gasteiger partial charge in [-0.2, -0.15) is 4.98 Å². The Labute approximate surface area is 109 Å². The van der Waals surface area contributed by atoms with Gasteiger partial charge < -0.3 is 16.0 Å². The first-order valence-electron chi connectivity index (χ1n) is 6.07. The third-order valence-electron chi connectivity index (χ3n) is 2.99. The molecular weight excluding hydrogens is 248 g/mol. The van der Waals surface area contributed by atoms with Gasteiger partial charge in [0.15, 0.2) is 11.2 Å². The molecule has 4 N–H and O–H groups in total. The molecular formula is C11H18N6O2. The summed E-state index contributed by atoms with van der Waals surface area (Å²) in [5.41, 5.74) is 5.53. The molecule has 2 heterocycles. The Morgan fingerprint density at radius 2 is 2.05 bits per heavy atom. The Bertz CT molecular complexity index is 708. The van der Waals surface area contributed by atoms with Crippen molar-refractivity contribution in [2.45, 2.75) is 19.4 Å². The van der Waals surface area contributed by atoms with Crippen LogP contribution in [0.25, 0.3) is 11.2 Å². The Hall–Kier alpha value is -2.09. The van der Waals surface area contributed by atoms with Gasteiger partial charge in [0.05, 0.1) is 0 Å². The lowest BCUT2D eigenvalue weighted by molar-refractivity contribution is 0.688. The molecule has 0 saturated carbocycles. The van der Waals surface area contributed by atoms with Crippen molar-refractivity contribution in [2.75, 3.05) is 11.9 Å². The average Bonchev–Trinajstić information content (AvgIpc) is 2.77. The molecule has 0 spiro atoms. The largest absolute Gasteiger partial charge is 0.356 e. The molecule has 0 aliphatic rings. The summed E-state index contributed by atoms with van der Waals surface area (Å²) in [5.74, 6) is 0.467. The van der Waals surface area contributed by atoms with Crippen LogP contribution in [0.15, 0.2) is 9.59 Å². The minimum Gasteiger partial charge on any atom is -0.356 e. The Morgan fingerprint density at radius 3 is 2.68 bits per heavy atom. The zero-order chi connectivity index (χ0) is 14.2. The molecule has 8 nitrogen and oxygen atoms in total. The first kappa shape index (κ1) is 13.3. The molecule has 0 saturated heterocycles. The van der Waals surface area contributed by atoms with Crippen molar-refractivity contribution in [3.05, 3.63) is 20.8 Å². The number of fused-ring (bicyclic) bond motifs is 1. The fourth-order valence-electron chi connectivity index (χ4n) is 1.83. The third-order valence-corrected chi connectivity index (χ3v) is 2.99. The highest BCUT2D eigenvalue weighted by Gasteiger charge is 2.12. The van der Waals surface area contributed by atoms with E-state index in [-0.39, 0.29) is 11.6 Å². The molecule has 0 aromatic carbocycles. The van der Waals surface area contributed by atoms with Crippen molar-refractivity contribution in [3.63, 3.8) is 0 Å². The molecule has 104 valence electrons. The number of nitrogens with one attached hydrogen (secondary N) is 2. The smallest absolute Gasteiger partial charge is 0.332 e. The van der Waals surface area contributed by atoms with E-state index in [1.54, 1.807) is 7.05 Å². The molecule has 2 rings (SSSR count). The quantitative estimate of drug-likeness (QED) is 0.665. The van der Waals surface area contributed by atoms with E-state index in [4.69, 9.17) is 5.73 Å². The summed E-state index contributed by atoms with van der Waals surface area (Å²) in [4.78, 5) is 30.8. The number of H-pyrrole nitrogens is 1. The first-order chi connectivity index (χ1) is 8.91. The number of nitrogens with two attached hydrogens (primary N) is 1. The first-order valence-corrected chi connectivity index (χ1v) is 6.07. The maximum atomic E-state index is 11.9. The highest BCUT2D eigenvalue weighted by atomic mass is 16.2. The van der Waals surface area contributed by atoms with Gasteiger partial charge >= 0.3 is 5.69 Å². The molecule has 0 fully saturated rings. The van der Waals surface area contributed by atoms with Gasteiger partial charge in [-0.1, -0.05) is 0 Å². The Balaban J connectivity index is 2.41. The predicted molar refractivity (Wildman–Crippen MR) is 73.3 cm³/mol. The van der Waals surface area contributed by atoms with E-state index in [2.05, 4.69) is 15.3 Å². The highest BCUT2D eigenvalue weighted by molar-refractivity contribution is 5.72. The number of hydrogen-bond donors (Lipinski definition) is 3. The lowest BCUT2D eigenvalue weighted by atomic mass is 10.2. The zero-order valence-corrected chi connectivity index (χ0v) is 11.2. The molecule has 0 aliphatic heterocycles. The summed E-state index contributed by atoms with van der Waals surface area (Å²) in [6, 6.07) is 0.0918. The van der Waals surface area contributed by atoms with E-state index >= 15 is 0 Å². The van der Waals surface area contributed by atoms with E-state index in [0.717, 1.165) is 11.0 Å². The molecule has 0 radical (unpaired) electrons. The summed E-state index contributed by atoms with van der Waals surface area (Å²) < 4.78 is 2.39. The minimum absolute atomic E-state index is 0.0918. The number of rotatable bonds is 4. The number of aromatic amines is 1. The van der Waals surface area contributed by atoms with Gasteiger partial charge in [0.2, 0.25) is 5.95 Å². The van der Waals surface area contributed by atoms with Crippen LogP contribution in [-0.4, -0.2) is 31.7 Å². The van der Waals surface area contributed by atoms with E-state index < -0.39 is 5.69 Å². The van der Waals surface area contributed by atoms with Gasteiger partial charge in [-0.25, -0.2) is 4.79 Å². The molecule has 0 aliphatic carbocycles. The van der Waals surface area contributed by atoms with Crippen molar-refractivity contribution in [3.8, 4) is 0 Å². The second kappa shape index (κ2) is 4.88. The van der Waals surface area contributed by atoms with Crippen molar-refractivity contribution in [1.29, 1.82) is 0 Å². The van der Waals surface area contributed by atoms with Gasteiger partial charge in [0.25, 0.3) is 5.56 Å². The molecule has 19 heavy (non-hydrogen) atoms. The van der Waals surface area contributed by atoms with E-state index in [0.29, 0.717) is 23.7 Å². The summed E-state index contributed by atoms with van der Waals surface area (Å²) >= 11 is 0. The van der Waals surface area contributed by atoms with Crippen molar-refractivity contribution < 1.29 is 0 Å². The second-order valence-electron chi connectivity index (χ2n) is 4.68. The predicted octanol–water partition coefficient (Wildman–Crippen LogP) is -0.890. The van der Waals surface area contributed by atoms with Crippen LogP contribution in [0.5, 0.6) is 0 Å². The van der Waals surface area contributed by atoms with E-state index in [1.165, 1.54) is 11.6 Å². The molecule has 0 bridgehead atoms. The summed E-state index contributed by atoms with van der Waals surface area (Å²) in [5, 5.41) is 3.05. The third kappa shape index (κ3) is 2.39. The van der Waals surface area contributed by atoms with Crippen LogP contribution < -0.4 is 22.3 Å². The van der Waals surface area contributed by atoms with Crippen LogP contribution in [0.1, 0.15) is 13.3 Å². The normalized spacial score (nSPS) is 12.8. The Kier molecular flexibility index (Phi) is 3.43. The molecule has 8 heteroatoms. The number of nitrogens with zero attached hydrogens (tertiary/aromatic N) is 3. The Morgan fingerprint density at radius 1 is 1.37 bits per heavy atom. The van der Waals surface area contributed by atoms with Crippen LogP contribution in [0.3, 0.4) is 0 Å². The van der Waals surface area contributed by atoms with E-state index in [9.17, 15) is 9.59 Å². The molecule has 2 aromatic rings. The van der Waals surface area contributed by atoms with Gasteiger partial charge in [-0.15, -0.1) is 0 Å². The van der Waals surface area contributed by atoms with Crippen molar-refractivity contribution in [1.82, 2.24) is 19.1 Å². The summed E-state index contributed by atoms with van der Waals surface area (Å²) in [6.07, 6.45) is 0.786. The topological polar surface area (TPSA) is 111 Å². The van der Waals surface area contributed by atoms with Gasteiger partial charge in [-0.3, -0.25) is 13.9 Å². The molecule has 0 amide bonds. The van der Waals surface area contributed by atoms with Crippen molar-refractivity contribution in [2.24, 2.45) is 19.8 Å². The minimum atomic E-state index is -0.397. The SMILES string of the molecule is CC(N)CCNc1nc2c([nH]1)c(=O)n(C)c(=O)n2C. The van der Waals surface area contributed by atoms with Crippen LogP contribution in [0.2, 0.25) is 0 Å². The number of aryl methyl sites for hydroxylation is 1. The lowest BCUT2D eigenvalue weighted by Crippen LogP contribution is -2.36. The number of hydrogen-bond acceptors (Lipinski definition) is 5. The van der Waals surface area contributed by atoms with Crippen LogP contribution in [0.4, 0.5) is 5.95 Å². The fraction of sp³-hybridized carbons (Fsp3) is 0.545. The molecule has 1 unspecified atom stereocenters.